The van der Waals surface area contributed by atoms with Crippen molar-refractivity contribution in [2.45, 2.75) is 52.5 Å². The number of rotatable bonds is 2. The predicted molar refractivity (Wildman–Crippen MR) is 134 cm³/mol. The molecule has 0 aromatic heterocycles. The summed E-state index contributed by atoms with van der Waals surface area (Å²) in [6.07, 6.45) is 2.73. The third-order valence-electron chi connectivity index (χ3n) is 6.78. The number of fused-ring (bicyclic) bond motifs is 1. The average Bonchev–Trinajstić information content (AvgIpc) is 2.71. The Morgan fingerprint density at radius 3 is 2.47 bits per heavy atom. The van der Waals surface area contributed by atoms with E-state index in [2.05, 4.69) is 50.2 Å². The van der Waals surface area contributed by atoms with E-state index in [4.69, 9.17) is 12.2 Å². The van der Waals surface area contributed by atoms with Crippen LogP contribution in [0.4, 0.5) is 11.4 Å². The topological polar surface area (TPSA) is 52.7 Å². The summed E-state index contributed by atoms with van der Waals surface area (Å²) >= 11 is 5.34. The molecule has 0 bridgehead atoms. The Labute approximate surface area is 195 Å². The lowest BCUT2D eigenvalue weighted by Gasteiger charge is -2.45. The third-order valence-corrected chi connectivity index (χ3v) is 7.06. The van der Waals surface area contributed by atoms with Crippen LogP contribution in [0.15, 0.2) is 42.0 Å². The first-order chi connectivity index (χ1) is 15.0. The van der Waals surface area contributed by atoms with Crippen molar-refractivity contribution in [3.8, 4) is 0 Å². The van der Waals surface area contributed by atoms with Crippen molar-refractivity contribution < 1.29 is 9.59 Å². The van der Waals surface area contributed by atoms with Gasteiger partial charge in [0.2, 0.25) is 0 Å². The Kier molecular flexibility index (Phi) is 5.45. The number of hydrogen-bond acceptors (Lipinski definition) is 4. The van der Waals surface area contributed by atoms with E-state index in [1.807, 2.05) is 38.1 Å². The highest BCUT2D eigenvalue weighted by Gasteiger charge is 2.36. The maximum atomic E-state index is 13.4. The number of aryl methyl sites for hydroxylation is 2. The monoisotopic (exact) mass is 447 g/mol. The summed E-state index contributed by atoms with van der Waals surface area (Å²) in [6.45, 7) is 10.7. The minimum absolute atomic E-state index is 0.0712. The molecule has 166 valence electrons. The second kappa shape index (κ2) is 7.85. The molecule has 2 aromatic carbocycles. The molecule has 1 atom stereocenters. The molecular formula is C26H29N3O2S. The lowest BCUT2D eigenvalue weighted by atomic mass is 9.79. The van der Waals surface area contributed by atoms with Gasteiger partial charge in [0, 0.05) is 18.3 Å². The number of amides is 2. The first-order valence-electron chi connectivity index (χ1n) is 10.9. The standard InChI is InChI=1S/C26H29N3O2S/c1-15-9-7-8-10-21(15)29-24(31)20(23(30)27-25(29)32)13-18-12-19-17(3)14-26(4,5)28(6)22(19)11-16(18)2/h7-13,17H,14H2,1-6H3,(H,27,30,32)/b20-13+/t17-/m0/s1. The number of carbonyl (C=O) groups excluding carboxylic acids is 2. The number of benzene rings is 2. The van der Waals surface area contributed by atoms with E-state index >= 15 is 0 Å². The van der Waals surface area contributed by atoms with Gasteiger partial charge in [-0.05, 0) is 98.8 Å². The summed E-state index contributed by atoms with van der Waals surface area (Å²) in [5.74, 6) is -0.495. The van der Waals surface area contributed by atoms with Gasteiger partial charge in [0.1, 0.15) is 5.57 Å². The highest BCUT2D eigenvalue weighted by Crippen LogP contribution is 2.43. The third kappa shape index (κ3) is 3.62. The number of hydrogen-bond donors (Lipinski definition) is 1. The summed E-state index contributed by atoms with van der Waals surface area (Å²) in [4.78, 5) is 29.9. The number of nitrogens with one attached hydrogen (secondary N) is 1. The number of carbonyl (C=O) groups is 2. The van der Waals surface area contributed by atoms with E-state index in [0.29, 0.717) is 11.6 Å². The zero-order valence-electron chi connectivity index (χ0n) is 19.4. The van der Waals surface area contributed by atoms with Crippen molar-refractivity contribution >= 4 is 46.6 Å². The van der Waals surface area contributed by atoms with E-state index < -0.39 is 11.8 Å². The SMILES string of the molecule is Cc1cc2c(cc1/C=C1\C(=O)NC(=S)N(c3ccccc3C)C1=O)[C@@H](C)CC(C)(C)N2C. The minimum atomic E-state index is -0.465. The summed E-state index contributed by atoms with van der Waals surface area (Å²) in [7, 11) is 2.13. The van der Waals surface area contributed by atoms with Gasteiger partial charge in [-0.25, -0.2) is 0 Å². The molecule has 0 unspecified atom stereocenters. The fourth-order valence-corrected chi connectivity index (χ4v) is 5.01. The van der Waals surface area contributed by atoms with E-state index in [1.54, 1.807) is 6.08 Å². The van der Waals surface area contributed by atoms with Crippen molar-refractivity contribution in [1.82, 2.24) is 5.32 Å². The van der Waals surface area contributed by atoms with Gasteiger partial charge in [-0.2, -0.15) is 0 Å². The van der Waals surface area contributed by atoms with Gasteiger partial charge in [-0.3, -0.25) is 19.8 Å². The molecular weight excluding hydrogens is 418 g/mol. The molecule has 2 aliphatic rings. The summed E-state index contributed by atoms with van der Waals surface area (Å²) in [5, 5.41) is 2.79. The van der Waals surface area contributed by atoms with Crippen LogP contribution >= 0.6 is 12.2 Å². The van der Waals surface area contributed by atoms with Crippen LogP contribution < -0.4 is 15.1 Å². The molecule has 4 rings (SSSR count). The molecule has 32 heavy (non-hydrogen) atoms. The average molecular weight is 448 g/mol. The fraction of sp³-hybridized carbons (Fsp3) is 0.346. The zero-order valence-corrected chi connectivity index (χ0v) is 20.3. The molecule has 1 saturated heterocycles. The van der Waals surface area contributed by atoms with Gasteiger partial charge in [0.25, 0.3) is 11.8 Å². The van der Waals surface area contributed by atoms with Crippen LogP contribution in [0.2, 0.25) is 0 Å². The van der Waals surface area contributed by atoms with E-state index in [9.17, 15) is 9.59 Å². The molecule has 1 fully saturated rings. The van der Waals surface area contributed by atoms with Gasteiger partial charge in [0.15, 0.2) is 5.11 Å². The molecule has 2 aromatic rings. The first-order valence-corrected chi connectivity index (χ1v) is 11.3. The summed E-state index contributed by atoms with van der Waals surface area (Å²) in [5.41, 5.74) is 6.07. The van der Waals surface area contributed by atoms with Gasteiger partial charge < -0.3 is 4.90 Å². The molecule has 2 heterocycles. The Morgan fingerprint density at radius 2 is 1.78 bits per heavy atom. The number of para-hydroxylation sites is 1. The van der Waals surface area contributed by atoms with Crippen molar-refractivity contribution in [1.29, 1.82) is 0 Å². The smallest absolute Gasteiger partial charge is 0.270 e. The molecule has 2 aliphatic heterocycles. The van der Waals surface area contributed by atoms with Crippen LogP contribution in [0.25, 0.3) is 6.08 Å². The highest BCUT2D eigenvalue weighted by atomic mass is 32.1. The normalized spacial score (nSPS) is 21.6. The van der Waals surface area contributed by atoms with Crippen molar-refractivity contribution in [3.05, 3.63) is 64.2 Å². The molecule has 0 saturated carbocycles. The second-order valence-corrected chi connectivity index (χ2v) is 9.88. The summed E-state index contributed by atoms with van der Waals surface area (Å²) < 4.78 is 0. The first kappa shape index (κ1) is 22.2. The lowest BCUT2D eigenvalue weighted by molar-refractivity contribution is -0.122. The van der Waals surface area contributed by atoms with Gasteiger partial charge in [0.05, 0.1) is 5.69 Å². The van der Waals surface area contributed by atoms with Crippen LogP contribution in [-0.4, -0.2) is 29.5 Å². The molecule has 1 N–H and O–H groups in total. The molecule has 0 aliphatic carbocycles. The zero-order chi connectivity index (χ0) is 23.4. The van der Waals surface area contributed by atoms with Crippen molar-refractivity contribution in [2.24, 2.45) is 0 Å². The van der Waals surface area contributed by atoms with Crippen LogP contribution in [0, 0.1) is 13.8 Å². The lowest BCUT2D eigenvalue weighted by Crippen LogP contribution is -2.54. The quantitative estimate of drug-likeness (QED) is 0.406. The largest absolute Gasteiger partial charge is 0.369 e. The maximum absolute atomic E-state index is 13.4. The highest BCUT2D eigenvalue weighted by molar-refractivity contribution is 7.80. The number of thiocarbonyl (C=S) groups is 1. The molecule has 6 heteroatoms. The van der Waals surface area contributed by atoms with E-state index in [-0.39, 0.29) is 16.2 Å². The molecule has 0 spiro atoms. The Balaban J connectivity index is 1.79. The Hall–Kier alpha value is -2.99. The minimum Gasteiger partial charge on any atom is -0.369 e. The molecule has 5 nitrogen and oxygen atoms in total. The van der Waals surface area contributed by atoms with E-state index in [0.717, 1.165) is 23.1 Å². The van der Waals surface area contributed by atoms with Gasteiger partial charge in [-0.15, -0.1) is 0 Å². The van der Waals surface area contributed by atoms with Crippen molar-refractivity contribution in [2.75, 3.05) is 16.8 Å². The van der Waals surface area contributed by atoms with Crippen LogP contribution in [0.5, 0.6) is 0 Å². The fourth-order valence-electron chi connectivity index (χ4n) is 4.74. The van der Waals surface area contributed by atoms with Crippen LogP contribution in [-0.2, 0) is 9.59 Å². The molecule has 0 radical (unpaired) electrons. The van der Waals surface area contributed by atoms with Crippen LogP contribution in [0.1, 0.15) is 55.4 Å². The van der Waals surface area contributed by atoms with E-state index in [1.165, 1.54) is 16.2 Å². The van der Waals surface area contributed by atoms with Gasteiger partial charge >= 0.3 is 0 Å². The van der Waals surface area contributed by atoms with Gasteiger partial charge in [-0.1, -0.05) is 25.1 Å². The number of anilines is 2. The Morgan fingerprint density at radius 1 is 1.09 bits per heavy atom. The second-order valence-electron chi connectivity index (χ2n) is 9.49. The Bertz CT molecular complexity index is 1180. The van der Waals surface area contributed by atoms with Crippen LogP contribution in [0.3, 0.4) is 0 Å². The maximum Gasteiger partial charge on any atom is 0.270 e. The van der Waals surface area contributed by atoms with Crippen molar-refractivity contribution in [3.63, 3.8) is 0 Å². The predicted octanol–water partition coefficient (Wildman–Crippen LogP) is 4.86. The summed E-state index contributed by atoms with van der Waals surface area (Å²) in [6, 6.07) is 11.8. The number of nitrogens with zero attached hydrogens (tertiary/aromatic N) is 2. The molecule has 2 amide bonds.